The van der Waals surface area contributed by atoms with Crippen LogP contribution in [0.15, 0.2) is 71.8 Å². The van der Waals surface area contributed by atoms with Gasteiger partial charge in [-0.1, -0.05) is 18.2 Å². The number of aldehydes is 1. The number of thiazole rings is 1. The highest BCUT2D eigenvalue weighted by Crippen LogP contribution is 2.34. The zero-order chi connectivity index (χ0) is 24.3. The van der Waals surface area contributed by atoms with Crippen LogP contribution in [0.25, 0.3) is 20.8 Å². The Labute approximate surface area is 207 Å². The molecule has 0 aliphatic rings. The molecule has 0 atom stereocenters. The first-order valence-electron chi connectivity index (χ1n) is 10.6. The van der Waals surface area contributed by atoms with Crippen LogP contribution in [-0.2, 0) is 4.79 Å². The molecule has 0 aliphatic heterocycles. The van der Waals surface area contributed by atoms with Crippen molar-refractivity contribution in [2.45, 2.75) is 20.8 Å². The van der Waals surface area contributed by atoms with Crippen molar-refractivity contribution in [3.8, 4) is 22.1 Å². The van der Waals surface area contributed by atoms with Gasteiger partial charge in [0.15, 0.2) is 0 Å². The fraction of sp³-hybridized carbons (Fsp3) is 0.154. The Hall–Kier alpha value is -3.62. The molecule has 5 aromatic rings. The van der Waals surface area contributed by atoms with Crippen molar-refractivity contribution >= 4 is 44.9 Å². The number of fused-ring (bicyclic) bond motifs is 1. The lowest BCUT2D eigenvalue weighted by atomic mass is 10.2. The third-order valence-corrected chi connectivity index (χ3v) is 6.26. The van der Waals surface area contributed by atoms with Crippen molar-refractivity contribution in [1.29, 1.82) is 0 Å². The van der Waals surface area contributed by atoms with E-state index in [1.54, 1.807) is 29.0 Å². The third kappa shape index (κ3) is 6.69. The lowest BCUT2D eigenvalue weighted by Gasteiger charge is -2.07. The summed E-state index contributed by atoms with van der Waals surface area (Å²) >= 11 is 3.29. The third-order valence-electron chi connectivity index (χ3n) is 4.57. The van der Waals surface area contributed by atoms with Gasteiger partial charge in [0.2, 0.25) is 0 Å². The molecule has 1 N–H and O–H groups in total. The summed E-state index contributed by atoms with van der Waals surface area (Å²) in [5.41, 5.74) is 4.42. The van der Waals surface area contributed by atoms with Gasteiger partial charge in [0.25, 0.3) is 0 Å². The Bertz CT molecular complexity index is 1330. The van der Waals surface area contributed by atoms with Gasteiger partial charge in [-0.2, -0.15) is 0 Å². The van der Waals surface area contributed by atoms with Gasteiger partial charge in [0, 0.05) is 46.7 Å². The Morgan fingerprint density at radius 2 is 1.71 bits per heavy atom. The van der Waals surface area contributed by atoms with Gasteiger partial charge in [-0.3, -0.25) is 0 Å². The number of carbonyl (C=O) groups is 1. The number of aromatic nitrogens is 3. The minimum Gasteiger partial charge on any atom is -0.457 e. The number of aryl methyl sites for hydroxylation is 2. The first-order valence-corrected chi connectivity index (χ1v) is 12.3. The summed E-state index contributed by atoms with van der Waals surface area (Å²) in [6.45, 7) is 5.50. The minimum absolute atomic E-state index is 0.750. The van der Waals surface area contributed by atoms with E-state index in [4.69, 9.17) is 9.53 Å². The summed E-state index contributed by atoms with van der Waals surface area (Å²) in [6, 6.07) is 15.9. The van der Waals surface area contributed by atoms with Gasteiger partial charge in [-0.05, 0) is 50.6 Å². The minimum atomic E-state index is 0.750. The summed E-state index contributed by atoms with van der Waals surface area (Å²) in [5.74, 6) is 1.71. The molecule has 5 rings (SSSR count). The topological polar surface area (TPSA) is 77.0 Å². The van der Waals surface area contributed by atoms with Crippen molar-refractivity contribution in [2.24, 2.45) is 0 Å². The second-order valence-electron chi connectivity index (χ2n) is 7.06. The molecule has 0 saturated carbocycles. The Balaban J connectivity index is 0.000000171. The van der Waals surface area contributed by atoms with Gasteiger partial charge in [0.05, 0.1) is 5.69 Å². The average molecular weight is 491 g/mol. The number of ether oxygens (including phenoxy) is 1. The van der Waals surface area contributed by atoms with Crippen LogP contribution in [0.5, 0.6) is 11.5 Å². The summed E-state index contributed by atoms with van der Waals surface area (Å²) in [6.07, 6.45) is 4.18. The molecule has 0 bridgehead atoms. The Morgan fingerprint density at radius 3 is 2.38 bits per heavy atom. The highest BCUT2D eigenvalue weighted by Gasteiger charge is 2.11. The zero-order valence-electron chi connectivity index (χ0n) is 19.5. The van der Waals surface area contributed by atoms with Crippen molar-refractivity contribution in [3.63, 3.8) is 0 Å². The lowest BCUT2D eigenvalue weighted by Crippen LogP contribution is -1.89. The van der Waals surface area contributed by atoms with E-state index < -0.39 is 0 Å². The van der Waals surface area contributed by atoms with E-state index >= 15 is 0 Å². The monoisotopic (exact) mass is 490 g/mol. The zero-order valence-corrected chi connectivity index (χ0v) is 21.1. The maximum atomic E-state index is 8.81. The molecule has 3 heterocycles. The van der Waals surface area contributed by atoms with E-state index in [9.17, 15) is 0 Å². The molecule has 0 radical (unpaired) electrons. The van der Waals surface area contributed by atoms with E-state index in [2.05, 4.69) is 38.6 Å². The molecule has 0 saturated heterocycles. The van der Waals surface area contributed by atoms with Gasteiger partial charge in [-0.15, -0.1) is 22.7 Å². The summed E-state index contributed by atoms with van der Waals surface area (Å²) in [7, 11) is 1.89. The van der Waals surface area contributed by atoms with Gasteiger partial charge < -0.3 is 14.8 Å². The standard InChI is InChI=1S/C14H15NO.C10H7N3S2.C2H4O/c1-11-5-3-7-13(9-11)16-14-8-4-6-12(10-14)15-2;1-6-8-7(9-11-2-3-14-9)4-15-10(8)13-5-12-6;1-2-3/h3-10,15H,1-2H3;2-5H,1H3;2H,1H3. The van der Waals surface area contributed by atoms with Gasteiger partial charge in [-0.25, -0.2) is 15.0 Å². The number of nitrogens with one attached hydrogen (secondary N) is 1. The molecule has 8 heteroatoms. The highest BCUT2D eigenvalue weighted by molar-refractivity contribution is 7.18. The van der Waals surface area contributed by atoms with E-state index in [-0.39, 0.29) is 0 Å². The van der Waals surface area contributed by atoms with Crippen LogP contribution in [0, 0.1) is 13.8 Å². The molecular weight excluding hydrogens is 464 g/mol. The van der Waals surface area contributed by atoms with Crippen molar-refractivity contribution < 1.29 is 9.53 Å². The maximum Gasteiger partial charge on any atom is 0.129 e. The van der Waals surface area contributed by atoms with Crippen LogP contribution >= 0.6 is 22.7 Å². The van der Waals surface area contributed by atoms with Crippen molar-refractivity contribution in [3.05, 3.63) is 83.1 Å². The molecule has 0 amide bonds. The number of anilines is 1. The summed E-state index contributed by atoms with van der Waals surface area (Å²) in [5, 5.41) is 9.35. The number of carbonyl (C=O) groups excluding carboxylic acids is 1. The number of hydrogen-bond acceptors (Lipinski definition) is 8. The molecule has 0 fully saturated rings. The first-order chi connectivity index (χ1) is 16.5. The second kappa shape index (κ2) is 12.6. The van der Waals surface area contributed by atoms with E-state index in [0.717, 1.165) is 50.0 Å². The SMILES string of the molecule is CC=O.CNc1cccc(Oc2cccc(C)c2)c1.Cc1ncnc2scc(-c3nccs3)c12. The van der Waals surface area contributed by atoms with Crippen LogP contribution in [0.4, 0.5) is 5.69 Å². The van der Waals surface area contributed by atoms with E-state index in [1.165, 1.54) is 12.5 Å². The summed E-state index contributed by atoms with van der Waals surface area (Å²) in [4.78, 5) is 22.6. The largest absolute Gasteiger partial charge is 0.457 e. The molecule has 0 aliphatic carbocycles. The Kier molecular flexibility index (Phi) is 9.25. The molecule has 0 unspecified atom stereocenters. The predicted molar refractivity (Wildman–Crippen MR) is 142 cm³/mol. The molecule has 174 valence electrons. The number of thiophene rings is 1. The van der Waals surface area contributed by atoms with Crippen molar-refractivity contribution in [1.82, 2.24) is 15.0 Å². The quantitative estimate of drug-likeness (QED) is 0.269. The first kappa shape index (κ1) is 25.0. The molecule has 0 spiro atoms. The smallest absolute Gasteiger partial charge is 0.129 e. The number of rotatable bonds is 4. The lowest BCUT2D eigenvalue weighted by molar-refractivity contribution is -0.106. The van der Waals surface area contributed by atoms with E-state index in [1.807, 2.05) is 68.0 Å². The number of benzene rings is 2. The molecule has 3 aromatic heterocycles. The maximum absolute atomic E-state index is 8.81. The fourth-order valence-corrected chi connectivity index (χ4v) is 4.75. The normalized spacial score (nSPS) is 9.88. The number of nitrogens with zero attached hydrogens (tertiary/aromatic N) is 3. The van der Waals surface area contributed by atoms with Crippen LogP contribution in [0.2, 0.25) is 0 Å². The fourth-order valence-electron chi connectivity index (χ4n) is 3.07. The van der Waals surface area contributed by atoms with Crippen LogP contribution in [-0.4, -0.2) is 28.3 Å². The highest BCUT2D eigenvalue weighted by atomic mass is 32.1. The predicted octanol–water partition coefficient (Wildman–Crippen LogP) is 7.16. The molecule has 34 heavy (non-hydrogen) atoms. The summed E-state index contributed by atoms with van der Waals surface area (Å²) < 4.78 is 5.76. The molecule has 2 aromatic carbocycles. The Morgan fingerprint density at radius 1 is 0.971 bits per heavy atom. The van der Waals surface area contributed by atoms with Gasteiger partial charge in [0.1, 0.15) is 34.0 Å². The van der Waals surface area contributed by atoms with Crippen LogP contribution in [0.3, 0.4) is 0 Å². The van der Waals surface area contributed by atoms with Crippen LogP contribution < -0.4 is 10.1 Å². The molecule has 6 nitrogen and oxygen atoms in total. The number of hydrogen-bond donors (Lipinski definition) is 1. The second-order valence-corrected chi connectivity index (χ2v) is 8.81. The average Bonchev–Trinajstić information content (AvgIpc) is 3.51. The van der Waals surface area contributed by atoms with Crippen LogP contribution in [0.1, 0.15) is 18.2 Å². The molecular formula is C26H26N4O2S2. The van der Waals surface area contributed by atoms with Crippen molar-refractivity contribution in [2.75, 3.05) is 12.4 Å². The van der Waals surface area contributed by atoms with Gasteiger partial charge >= 0.3 is 0 Å². The van der Waals surface area contributed by atoms with E-state index in [0.29, 0.717) is 0 Å².